The minimum absolute atomic E-state index is 0.528. The fraction of sp³-hybridized carbons (Fsp3) is 0.909. The summed E-state index contributed by atoms with van der Waals surface area (Å²) in [6.45, 7) is 14.0. The SMILES string of the molecule is C=CCOCCOCCOCCOCCOCCOCCOCCOCCOCCOC. The lowest BCUT2D eigenvalue weighted by Gasteiger charge is -2.08. The molecule has 0 aromatic rings. The third kappa shape index (κ3) is 29.3. The second-order valence-corrected chi connectivity index (χ2v) is 6.26. The Balaban J connectivity index is 2.99. The molecule has 0 aromatic carbocycles. The molecule has 0 atom stereocenters. The molecule has 0 aromatic heterocycles. The highest BCUT2D eigenvalue weighted by Gasteiger charge is 1.95. The molecule has 0 bridgehead atoms. The second kappa shape index (κ2) is 30.3. The Kier molecular flexibility index (Phi) is 29.7. The number of rotatable bonds is 29. The van der Waals surface area contributed by atoms with E-state index in [-0.39, 0.29) is 0 Å². The van der Waals surface area contributed by atoms with Crippen LogP contribution in [0.4, 0.5) is 0 Å². The topological polar surface area (TPSA) is 92.3 Å². The van der Waals surface area contributed by atoms with Crippen LogP contribution >= 0.6 is 0 Å². The first-order chi connectivity index (χ1) is 15.9. The van der Waals surface area contributed by atoms with Crippen LogP contribution in [0.1, 0.15) is 0 Å². The van der Waals surface area contributed by atoms with Crippen LogP contribution in [0.25, 0.3) is 0 Å². The maximum Gasteiger partial charge on any atom is 0.0704 e. The van der Waals surface area contributed by atoms with E-state index in [0.29, 0.717) is 126 Å². The molecule has 0 amide bonds. The van der Waals surface area contributed by atoms with Gasteiger partial charge in [-0.3, -0.25) is 0 Å². The number of ether oxygens (including phenoxy) is 10. The molecule has 192 valence electrons. The highest BCUT2D eigenvalue weighted by Crippen LogP contribution is 1.86. The maximum absolute atomic E-state index is 5.43. The van der Waals surface area contributed by atoms with E-state index in [1.165, 1.54) is 0 Å². The minimum atomic E-state index is 0.528. The first kappa shape index (κ1) is 31.3. The van der Waals surface area contributed by atoms with Gasteiger partial charge in [0.05, 0.1) is 126 Å². The molecule has 0 radical (unpaired) electrons. The molecule has 0 fully saturated rings. The molecule has 0 saturated carbocycles. The molecule has 0 N–H and O–H groups in total. The van der Waals surface area contributed by atoms with E-state index in [2.05, 4.69) is 6.58 Å². The van der Waals surface area contributed by atoms with Crippen molar-refractivity contribution in [1.82, 2.24) is 0 Å². The van der Waals surface area contributed by atoms with Crippen molar-refractivity contribution in [3.05, 3.63) is 12.7 Å². The van der Waals surface area contributed by atoms with Gasteiger partial charge in [-0.15, -0.1) is 6.58 Å². The van der Waals surface area contributed by atoms with Crippen LogP contribution in [0, 0.1) is 0 Å². The minimum Gasteiger partial charge on any atom is -0.382 e. The molecule has 0 heterocycles. The molecule has 10 nitrogen and oxygen atoms in total. The molecule has 0 saturated heterocycles. The van der Waals surface area contributed by atoms with Crippen LogP contribution in [0.15, 0.2) is 12.7 Å². The largest absolute Gasteiger partial charge is 0.382 e. The van der Waals surface area contributed by atoms with Crippen molar-refractivity contribution in [3.63, 3.8) is 0 Å². The Labute approximate surface area is 193 Å². The van der Waals surface area contributed by atoms with Crippen LogP contribution in [0.3, 0.4) is 0 Å². The number of methoxy groups -OCH3 is 1. The van der Waals surface area contributed by atoms with Gasteiger partial charge in [0.15, 0.2) is 0 Å². The summed E-state index contributed by atoms with van der Waals surface area (Å²) in [5.41, 5.74) is 0. The zero-order chi connectivity index (χ0) is 23.2. The van der Waals surface area contributed by atoms with E-state index >= 15 is 0 Å². The lowest BCUT2D eigenvalue weighted by Crippen LogP contribution is -2.15. The summed E-state index contributed by atoms with van der Waals surface area (Å²) in [6, 6.07) is 0. The van der Waals surface area contributed by atoms with E-state index < -0.39 is 0 Å². The summed E-state index contributed by atoms with van der Waals surface area (Å²) in [5, 5.41) is 0. The first-order valence-electron chi connectivity index (χ1n) is 11.2. The zero-order valence-electron chi connectivity index (χ0n) is 19.8. The lowest BCUT2D eigenvalue weighted by atomic mass is 10.6. The monoisotopic (exact) mass is 468 g/mol. The molecular formula is C22H44O10. The zero-order valence-corrected chi connectivity index (χ0v) is 19.8. The van der Waals surface area contributed by atoms with Crippen molar-refractivity contribution >= 4 is 0 Å². The van der Waals surface area contributed by atoms with E-state index in [9.17, 15) is 0 Å². The fourth-order valence-corrected chi connectivity index (χ4v) is 2.07. The normalized spacial score (nSPS) is 11.3. The molecule has 32 heavy (non-hydrogen) atoms. The summed E-state index contributed by atoms with van der Waals surface area (Å²) < 4.78 is 53.2. The Hall–Kier alpha value is -0.660. The standard InChI is InChI=1S/C22H44O10/c1-3-4-24-7-8-26-11-12-28-15-16-30-19-20-32-22-21-31-18-17-29-14-13-27-10-9-25-6-5-23-2/h3H,1,4-22H2,2H3. The Bertz CT molecular complexity index is 347. The molecular weight excluding hydrogens is 424 g/mol. The quantitative estimate of drug-likeness (QED) is 0.117. The summed E-state index contributed by atoms with van der Waals surface area (Å²) in [7, 11) is 1.65. The van der Waals surface area contributed by atoms with Gasteiger partial charge in [-0.2, -0.15) is 0 Å². The van der Waals surface area contributed by atoms with Gasteiger partial charge < -0.3 is 47.4 Å². The summed E-state index contributed by atoms with van der Waals surface area (Å²) in [6.07, 6.45) is 1.71. The van der Waals surface area contributed by atoms with E-state index in [4.69, 9.17) is 47.4 Å². The van der Waals surface area contributed by atoms with Gasteiger partial charge in [-0.25, -0.2) is 0 Å². The van der Waals surface area contributed by atoms with Crippen molar-refractivity contribution in [2.45, 2.75) is 0 Å². The highest BCUT2D eigenvalue weighted by atomic mass is 16.6. The van der Waals surface area contributed by atoms with Crippen molar-refractivity contribution in [1.29, 1.82) is 0 Å². The molecule has 10 heteroatoms. The molecule has 0 spiro atoms. The van der Waals surface area contributed by atoms with Crippen LogP contribution in [0.2, 0.25) is 0 Å². The smallest absolute Gasteiger partial charge is 0.0704 e. The number of hydrogen-bond acceptors (Lipinski definition) is 10. The van der Waals surface area contributed by atoms with E-state index in [1.807, 2.05) is 0 Å². The predicted octanol–water partition coefficient (Wildman–Crippen LogP) is 0.968. The average molecular weight is 469 g/mol. The highest BCUT2D eigenvalue weighted by molar-refractivity contribution is 4.63. The fourth-order valence-electron chi connectivity index (χ4n) is 2.07. The van der Waals surface area contributed by atoms with Gasteiger partial charge in [0, 0.05) is 7.11 Å². The van der Waals surface area contributed by atoms with Gasteiger partial charge in [0.25, 0.3) is 0 Å². The maximum atomic E-state index is 5.43. The van der Waals surface area contributed by atoms with E-state index in [1.54, 1.807) is 13.2 Å². The molecule has 0 aliphatic heterocycles. The van der Waals surface area contributed by atoms with Crippen molar-refractivity contribution in [2.75, 3.05) is 133 Å². The van der Waals surface area contributed by atoms with Crippen molar-refractivity contribution in [2.24, 2.45) is 0 Å². The predicted molar refractivity (Wildman–Crippen MR) is 119 cm³/mol. The third-order valence-corrected chi connectivity index (χ3v) is 3.64. The van der Waals surface area contributed by atoms with Gasteiger partial charge in [-0.1, -0.05) is 6.08 Å². The Morgan fingerprint density at radius 3 is 0.812 bits per heavy atom. The Morgan fingerprint density at radius 2 is 0.594 bits per heavy atom. The van der Waals surface area contributed by atoms with Gasteiger partial charge in [-0.05, 0) is 0 Å². The van der Waals surface area contributed by atoms with E-state index in [0.717, 1.165) is 0 Å². The molecule has 0 rings (SSSR count). The third-order valence-electron chi connectivity index (χ3n) is 3.64. The lowest BCUT2D eigenvalue weighted by molar-refractivity contribution is -0.0255. The second-order valence-electron chi connectivity index (χ2n) is 6.26. The van der Waals surface area contributed by atoms with Crippen LogP contribution in [0.5, 0.6) is 0 Å². The van der Waals surface area contributed by atoms with Crippen molar-refractivity contribution < 1.29 is 47.4 Å². The van der Waals surface area contributed by atoms with Crippen LogP contribution in [-0.4, -0.2) is 133 Å². The van der Waals surface area contributed by atoms with Crippen LogP contribution in [-0.2, 0) is 47.4 Å². The van der Waals surface area contributed by atoms with Crippen molar-refractivity contribution in [3.8, 4) is 0 Å². The summed E-state index contributed by atoms with van der Waals surface area (Å²) in [5.74, 6) is 0. The molecule has 0 aliphatic carbocycles. The molecule has 0 aliphatic rings. The van der Waals surface area contributed by atoms with Gasteiger partial charge in [0.2, 0.25) is 0 Å². The van der Waals surface area contributed by atoms with Gasteiger partial charge in [0.1, 0.15) is 0 Å². The molecule has 0 unspecified atom stereocenters. The average Bonchev–Trinajstić information content (AvgIpc) is 2.81. The summed E-state index contributed by atoms with van der Waals surface area (Å²) >= 11 is 0. The van der Waals surface area contributed by atoms with Gasteiger partial charge >= 0.3 is 0 Å². The summed E-state index contributed by atoms with van der Waals surface area (Å²) in [4.78, 5) is 0. The number of hydrogen-bond donors (Lipinski definition) is 0. The van der Waals surface area contributed by atoms with Crippen LogP contribution < -0.4 is 0 Å². The Morgan fingerprint density at radius 1 is 0.375 bits per heavy atom. The first-order valence-corrected chi connectivity index (χ1v) is 11.2.